The fraction of sp³-hybridized carbons (Fsp3) is 0.0741. The van der Waals surface area contributed by atoms with Crippen molar-refractivity contribution < 1.29 is 14.3 Å². The molecule has 0 aliphatic carbocycles. The summed E-state index contributed by atoms with van der Waals surface area (Å²) in [6, 6.07) is 20.9. The molecule has 0 saturated heterocycles. The maximum Gasteiger partial charge on any atom is 0.163 e. The second kappa shape index (κ2) is 10.2. The van der Waals surface area contributed by atoms with Crippen molar-refractivity contribution in [2.45, 2.75) is 13.0 Å². The molecular weight excluding hydrogens is 400 g/mol. The van der Waals surface area contributed by atoms with Crippen molar-refractivity contribution in [1.29, 1.82) is 0 Å². The zero-order valence-corrected chi connectivity index (χ0v) is 17.4. The smallest absolute Gasteiger partial charge is 0.163 e. The van der Waals surface area contributed by atoms with Gasteiger partial charge >= 0.3 is 0 Å². The molecule has 0 atom stereocenters. The van der Waals surface area contributed by atoms with Crippen LogP contribution in [0.3, 0.4) is 0 Å². The fourth-order valence-electron chi connectivity index (χ4n) is 3.22. The number of nitrogens with one attached hydrogen (secondary N) is 1. The van der Waals surface area contributed by atoms with Gasteiger partial charge in [0.1, 0.15) is 12.4 Å². The number of ether oxygens (including phenoxy) is 1. The number of aromatic nitrogens is 2. The fourth-order valence-corrected chi connectivity index (χ4v) is 3.22. The Morgan fingerprint density at radius 2 is 1.72 bits per heavy atom. The van der Waals surface area contributed by atoms with Crippen molar-refractivity contribution in [3.63, 3.8) is 0 Å². The molecule has 0 saturated carbocycles. The maximum atomic E-state index is 12.3. The van der Waals surface area contributed by atoms with Gasteiger partial charge < -0.3 is 9.72 Å². The van der Waals surface area contributed by atoms with E-state index in [2.05, 4.69) is 9.97 Å². The molecular formula is C27H22N2O3. The first-order chi connectivity index (χ1) is 15.7. The maximum absolute atomic E-state index is 12.3. The van der Waals surface area contributed by atoms with Crippen LogP contribution in [0.15, 0.2) is 91.3 Å². The molecule has 0 aliphatic rings. The second-order valence-corrected chi connectivity index (χ2v) is 7.25. The standard InChI is InChI=1S/C27H22N2O3/c30-24(12-9-20-8-10-21-14-16-29-26(21)17-20)18-25(31)13-11-22-5-1-2-7-27(22)32-19-23-6-3-4-15-28-23/h1-17,29H,18-19H2. The van der Waals surface area contributed by atoms with E-state index < -0.39 is 0 Å². The molecule has 5 nitrogen and oxygen atoms in total. The molecule has 0 aliphatic heterocycles. The Bertz CT molecular complexity index is 1290. The summed E-state index contributed by atoms with van der Waals surface area (Å²) in [5, 5.41) is 1.11. The van der Waals surface area contributed by atoms with Crippen LogP contribution < -0.4 is 4.74 Å². The van der Waals surface area contributed by atoms with Gasteiger partial charge in [-0.15, -0.1) is 0 Å². The lowest BCUT2D eigenvalue weighted by Gasteiger charge is -2.08. The van der Waals surface area contributed by atoms with Crippen LogP contribution >= 0.6 is 0 Å². The van der Waals surface area contributed by atoms with Crippen LogP contribution in [0.4, 0.5) is 0 Å². The topological polar surface area (TPSA) is 72.0 Å². The van der Waals surface area contributed by atoms with Crippen LogP contribution in [-0.2, 0) is 16.2 Å². The number of H-pyrrole nitrogens is 1. The summed E-state index contributed by atoms with van der Waals surface area (Å²) in [6.07, 6.45) is 9.66. The van der Waals surface area contributed by atoms with Crippen molar-refractivity contribution in [2.24, 2.45) is 0 Å². The van der Waals surface area contributed by atoms with Crippen LogP contribution in [0.5, 0.6) is 5.75 Å². The number of carbonyl (C=O) groups is 2. The van der Waals surface area contributed by atoms with E-state index in [-0.39, 0.29) is 18.0 Å². The molecule has 2 aromatic heterocycles. The number of para-hydroxylation sites is 1. The number of nitrogens with zero attached hydrogens (tertiary/aromatic N) is 1. The molecule has 0 bridgehead atoms. The minimum Gasteiger partial charge on any atom is -0.487 e. The van der Waals surface area contributed by atoms with Crippen molar-refractivity contribution in [3.05, 3.63) is 108 Å². The van der Waals surface area contributed by atoms with Gasteiger partial charge in [-0.25, -0.2) is 0 Å². The molecule has 0 unspecified atom stereocenters. The Balaban J connectivity index is 1.34. The predicted octanol–water partition coefficient (Wildman–Crippen LogP) is 5.40. The van der Waals surface area contributed by atoms with E-state index in [4.69, 9.17) is 4.74 Å². The highest BCUT2D eigenvalue weighted by Crippen LogP contribution is 2.21. The highest BCUT2D eigenvalue weighted by atomic mass is 16.5. The van der Waals surface area contributed by atoms with E-state index in [0.29, 0.717) is 12.4 Å². The van der Waals surface area contributed by atoms with Crippen LogP contribution in [-0.4, -0.2) is 21.5 Å². The summed E-state index contributed by atoms with van der Waals surface area (Å²) in [7, 11) is 0. The van der Waals surface area contributed by atoms with E-state index in [1.165, 1.54) is 12.2 Å². The number of ketones is 2. The molecule has 4 rings (SSSR count). The molecule has 4 aromatic rings. The van der Waals surface area contributed by atoms with Gasteiger partial charge in [-0.3, -0.25) is 14.6 Å². The molecule has 2 aromatic carbocycles. The Hall–Kier alpha value is -4.25. The highest BCUT2D eigenvalue weighted by molar-refractivity contribution is 6.11. The molecule has 32 heavy (non-hydrogen) atoms. The second-order valence-electron chi connectivity index (χ2n) is 7.25. The number of hydrogen-bond acceptors (Lipinski definition) is 4. The van der Waals surface area contributed by atoms with Crippen molar-refractivity contribution in [1.82, 2.24) is 9.97 Å². The summed E-state index contributed by atoms with van der Waals surface area (Å²) in [5.41, 5.74) is 3.48. The van der Waals surface area contributed by atoms with Crippen molar-refractivity contribution in [3.8, 4) is 5.75 Å². The molecule has 0 radical (unpaired) electrons. The number of pyridine rings is 1. The van der Waals surface area contributed by atoms with Gasteiger partial charge in [-0.1, -0.05) is 42.5 Å². The van der Waals surface area contributed by atoms with E-state index in [0.717, 1.165) is 27.7 Å². The number of rotatable bonds is 9. The predicted molar refractivity (Wildman–Crippen MR) is 126 cm³/mol. The normalized spacial score (nSPS) is 11.4. The molecule has 0 amide bonds. The highest BCUT2D eigenvalue weighted by Gasteiger charge is 2.06. The molecule has 0 fully saturated rings. The van der Waals surface area contributed by atoms with Crippen LogP contribution in [0.1, 0.15) is 23.2 Å². The van der Waals surface area contributed by atoms with E-state index in [1.807, 2.05) is 72.9 Å². The SMILES string of the molecule is O=C(C=Cc1ccc2cc[nH]c2c1)CC(=O)C=Cc1ccccc1OCc1ccccn1. The Morgan fingerprint density at radius 1 is 0.906 bits per heavy atom. The van der Waals surface area contributed by atoms with Gasteiger partial charge in [-0.05, 0) is 59.5 Å². The zero-order chi connectivity index (χ0) is 22.2. The number of allylic oxidation sites excluding steroid dienone is 2. The lowest BCUT2D eigenvalue weighted by Crippen LogP contribution is -2.02. The molecule has 1 N–H and O–H groups in total. The zero-order valence-electron chi connectivity index (χ0n) is 17.4. The third kappa shape index (κ3) is 5.67. The van der Waals surface area contributed by atoms with Crippen molar-refractivity contribution >= 4 is 34.6 Å². The van der Waals surface area contributed by atoms with Gasteiger partial charge in [0.15, 0.2) is 11.6 Å². The first kappa shape index (κ1) is 21.0. The van der Waals surface area contributed by atoms with E-state index in [1.54, 1.807) is 18.3 Å². The number of hydrogen-bond donors (Lipinski definition) is 1. The molecule has 2 heterocycles. The number of aromatic amines is 1. The number of fused-ring (bicyclic) bond motifs is 1. The van der Waals surface area contributed by atoms with E-state index in [9.17, 15) is 9.59 Å². The van der Waals surface area contributed by atoms with Gasteiger partial charge in [0.2, 0.25) is 0 Å². The average Bonchev–Trinajstić information content (AvgIpc) is 3.29. The third-order valence-electron chi connectivity index (χ3n) is 4.86. The Labute approximate surface area is 186 Å². The quantitative estimate of drug-likeness (QED) is 0.290. The lowest BCUT2D eigenvalue weighted by molar-refractivity contribution is -0.121. The Kier molecular flexibility index (Phi) is 6.68. The summed E-state index contributed by atoms with van der Waals surface area (Å²) in [4.78, 5) is 31.8. The molecule has 0 spiro atoms. The monoisotopic (exact) mass is 422 g/mol. The first-order valence-corrected chi connectivity index (χ1v) is 10.3. The molecule has 5 heteroatoms. The first-order valence-electron chi connectivity index (χ1n) is 10.3. The van der Waals surface area contributed by atoms with Gasteiger partial charge in [-0.2, -0.15) is 0 Å². The summed E-state index contributed by atoms with van der Waals surface area (Å²) in [5.74, 6) is 0.137. The summed E-state index contributed by atoms with van der Waals surface area (Å²) >= 11 is 0. The van der Waals surface area contributed by atoms with Crippen LogP contribution in [0.25, 0.3) is 23.1 Å². The minimum absolute atomic E-state index is 0.186. The van der Waals surface area contributed by atoms with Crippen LogP contribution in [0, 0.1) is 0 Å². The van der Waals surface area contributed by atoms with Crippen molar-refractivity contribution in [2.75, 3.05) is 0 Å². The minimum atomic E-state index is -0.265. The average molecular weight is 422 g/mol. The summed E-state index contributed by atoms with van der Waals surface area (Å²) in [6.45, 7) is 0.331. The Morgan fingerprint density at radius 3 is 2.56 bits per heavy atom. The number of carbonyl (C=O) groups excluding carboxylic acids is 2. The van der Waals surface area contributed by atoms with Crippen LogP contribution in [0.2, 0.25) is 0 Å². The van der Waals surface area contributed by atoms with Gasteiger partial charge in [0.25, 0.3) is 0 Å². The van der Waals surface area contributed by atoms with E-state index >= 15 is 0 Å². The third-order valence-corrected chi connectivity index (χ3v) is 4.86. The molecule has 158 valence electrons. The summed E-state index contributed by atoms with van der Waals surface area (Å²) < 4.78 is 5.84. The lowest BCUT2D eigenvalue weighted by atomic mass is 10.1. The van der Waals surface area contributed by atoms with Gasteiger partial charge in [0.05, 0.1) is 12.1 Å². The number of benzene rings is 2. The largest absolute Gasteiger partial charge is 0.487 e. The van der Waals surface area contributed by atoms with Gasteiger partial charge in [0, 0.05) is 23.5 Å².